The van der Waals surface area contributed by atoms with Gasteiger partial charge >= 0.3 is 5.97 Å². The summed E-state index contributed by atoms with van der Waals surface area (Å²) in [6.45, 7) is 2.89. The number of rotatable bonds is 3. The van der Waals surface area contributed by atoms with E-state index in [0.717, 1.165) is 0 Å². The SMILES string of the molecule is CCN1C(=O)CC(N2CC(C(=O)O)C2)C1=O. The molecule has 0 aromatic heterocycles. The predicted molar refractivity (Wildman–Crippen MR) is 53.5 cm³/mol. The van der Waals surface area contributed by atoms with Crippen LogP contribution in [0.25, 0.3) is 0 Å². The molecule has 6 heteroatoms. The number of carboxylic acid groups (broad SMARTS) is 1. The zero-order valence-corrected chi connectivity index (χ0v) is 9.05. The van der Waals surface area contributed by atoms with E-state index >= 15 is 0 Å². The van der Waals surface area contributed by atoms with Crippen molar-refractivity contribution in [2.24, 2.45) is 5.92 Å². The van der Waals surface area contributed by atoms with E-state index in [1.807, 2.05) is 0 Å². The quantitative estimate of drug-likeness (QED) is 0.634. The van der Waals surface area contributed by atoms with Crippen LogP contribution in [0, 0.1) is 5.92 Å². The van der Waals surface area contributed by atoms with E-state index in [4.69, 9.17) is 5.11 Å². The molecule has 0 spiro atoms. The average molecular weight is 226 g/mol. The molecule has 2 aliphatic rings. The maximum absolute atomic E-state index is 11.8. The molecule has 1 N–H and O–H groups in total. The van der Waals surface area contributed by atoms with E-state index < -0.39 is 17.9 Å². The van der Waals surface area contributed by atoms with Gasteiger partial charge in [0.05, 0.1) is 18.4 Å². The lowest BCUT2D eigenvalue weighted by Crippen LogP contribution is -2.56. The van der Waals surface area contributed by atoms with Crippen molar-refractivity contribution in [2.75, 3.05) is 19.6 Å². The molecular formula is C10H14N2O4. The fourth-order valence-corrected chi connectivity index (χ4v) is 2.21. The Kier molecular flexibility index (Phi) is 2.67. The number of hydrogen-bond acceptors (Lipinski definition) is 4. The van der Waals surface area contributed by atoms with Crippen molar-refractivity contribution in [3.8, 4) is 0 Å². The van der Waals surface area contributed by atoms with Gasteiger partial charge in [-0.25, -0.2) is 0 Å². The first-order chi connectivity index (χ1) is 7.54. The van der Waals surface area contributed by atoms with Crippen molar-refractivity contribution < 1.29 is 19.5 Å². The second-order valence-electron chi connectivity index (χ2n) is 4.19. The fraction of sp³-hybridized carbons (Fsp3) is 0.700. The van der Waals surface area contributed by atoms with Crippen LogP contribution >= 0.6 is 0 Å². The Morgan fingerprint density at radius 2 is 2.06 bits per heavy atom. The molecule has 2 aliphatic heterocycles. The summed E-state index contributed by atoms with van der Waals surface area (Å²) >= 11 is 0. The number of aliphatic carboxylic acids is 1. The van der Waals surface area contributed by atoms with E-state index in [0.29, 0.717) is 19.6 Å². The van der Waals surface area contributed by atoms with Gasteiger partial charge in [-0.1, -0.05) is 0 Å². The summed E-state index contributed by atoms with van der Waals surface area (Å²) in [7, 11) is 0. The first kappa shape index (κ1) is 11.1. The van der Waals surface area contributed by atoms with Crippen LogP contribution in [0.3, 0.4) is 0 Å². The van der Waals surface area contributed by atoms with Gasteiger partial charge in [0.15, 0.2) is 0 Å². The van der Waals surface area contributed by atoms with Crippen LogP contribution in [0.15, 0.2) is 0 Å². The molecule has 0 aromatic carbocycles. The highest BCUT2D eigenvalue weighted by molar-refractivity contribution is 6.05. The summed E-state index contributed by atoms with van der Waals surface area (Å²) in [5.74, 6) is -1.56. The van der Waals surface area contributed by atoms with E-state index in [2.05, 4.69) is 0 Å². The van der Waals surface area contributed by atoms with Crippen LogP contribution in [-0.4, -0.2) is 58.4 Å². The fourth-order valence-electron chi connectivity index (χ4n) is 2.21. The molecular weight excluding hydrogens is 212 g/mol. The van der Waals surface area contributed by atoms with Gasteiger partial charge in [0.25, 0.3) is 0 Å². The highest BCUT2D eigenvalue weighted by atomic mass is 16.4. The predicted octanol–water partition coefficient (Wildman–Crippen LogP) is -0.850. The number of carbonyl (C=O) groups is 3. The van der Waals surface area contributed by atoms with Gasteiger partial charge < -0.3 is 5.11 Å². The smallest absolute Gasteiger partial charge is 0.309 e. The molecule has 1 unspecified atom stereocenters. The summed E-state index contributed by atoms with van der Waals surface area (Å²) in [6, 6.07) is -0.428. The van der Waals surface area contributed by atoms with Crippen molar-refractivity contribution in [3.63, 3.8) is 0 Å². The van der Waals surface area contributed by atoms with Gasteiger partial charge in [0.2, 0.25) is 11.8 Å². The maximum atomic E-state index is 11.8. The van der Waals surface area contributed by atoms with Crippen LogP contribution in [0.2, 0.25) is 0 Å². The van der Waals surface area contributed by atoms with Crippen molar-refractivity contribution in [3.05, 3.63) is 0 Å². The molecule has 0 saturated carbocycles. The van der Waals surface area contributed by atoms with Crippen molar-refractivity contribution >= 4 is 17.8 Å². The number of carboxylic acids is 1. The summed E-state index contributed by atoms with van der Waals surface area (Å²) in [4.78, 5) is 36.8. The van der Waals surface area contributed by atoms with Crippen LogP contribution in [0.1, 0.15) is 13.3 Å². The van der Waals surface area contributed by atoms with Crippen LogP contribution < -0.4 is 0 Å². The van der Waals surface area contributed by atoms with Gasteiger partial charge in [0.1, 0.15) is 0 Å². The van der Waals surface area contributed by atoms with Crippen molar-refractivity contribution in [2.45, 2.75) is 19.4 Å². The standard InChI is InChI=1S/C10H14N2O4/c1-2-12-8(13)3-7(9(12)14)11-4-6(5-11)10(15)16/h6-7H,2-5H2,1H3,(H,15,16). The second kappa shape index (κ2) is 3.86. The highest BCUT2D eigenvalue weighted by Gasteiger charge is 2.46. The number of amides is 2. The Balaban J connectivity index is 1.96. The van der Waals surface area contributed by atoms with Crippen LogP contribution in [0.5, 0.6) is 0 Å². The van der Waals surface area contributed by atoms with Gasteiger partial charge in [-0.15, -0.1) is 0 Å². The molecule has 0 aliphatic carbocycles. The Morgan fingerprint density at radius 3 is 2.50 bits per heavy atom. The third-order valence-electron chi connectivity index (χ3n) is 3.24. The van der Waals surface area contributed by atoms with Crippen LogP contribution in [0.4, 0.5) is 0 Å². The molecule has 88 valence electrons. The summed E-state index contributed by atoms with van der Waals surface area (Å²) < 4.78 is 0. The minimum atomic E-state index is -0.833. The molecule has 2 heterocycles. The van der Waals surface area contributed by atoms with Crippen molar-refractivity contribution in [1.82, 2.24) is 9.80 Å². The summed E-state index contributed by atoms with van der Waals surface area (Å²) in [6.07, 6.45) is 0.193. The Bertz CT molecular complexity index is 349. The van der Waals surface area contributed by atoms with E-state index in [9.17, 15) is 14.4 Å². The Labute approximate surface area is 92.8 Å². The molecule has 16 heavy (non-hydrogen) atoms. The number of likely N-dealkylation sites (tertiary alicyclic amines) is 2. The lowest BCUT2D eigenvalue weighted by molar-refractivity contribution is -0.151. The molecule has 0 radical (unpaired) electrons. The number of carbonyl (C=O) groups excluding carboxylic acids is 2. The minimum absolute atomic E-state index is 0.156. The van der Waals surface area contributed by atoms with E-state index in [1.165, 1.54) is 4.90 Å². The number of imide groups is 1. The minimum Gasteiger partial charge on any atom is -0.481 e. The zero-order chi connectivity index (χ0) is 11.9. The molecule has 2 rings (SSSR count). The molecule has 0 bridgehead atoms. The molecule has 6 nitrogen and oxygen atoms in total. The van der Waals surface area contributed by atoms with Gasteiger partial charge in [-0.05, 0) is 6.92 Å². The third kappa shape index (κ3) is 1.59. The average Bonchev–Trinajstić information content (AvgIpc) is 2.39. The molecule has 0 aromatic rings. The Hall–Kier alpha value is -1.43. The van der Waals surface area contributed by atoms with E-state index in [-0.39, 0.29) is 18.2 Å². The highest BCUT2D eigenvalue weighted by Crippen LogP contribution is 2.26. The lowest BCUT2D eigenvalue weighted by Gasteiger charge is -2.39. The van der Waals surface area contributed by atoms with Gasteiger partial charge in [0, 0.05) is 19.6 Å². The monoisotopic (exact) mass is 226 g/mol. The maximum Gasteiger partial charge on any atom is 0.309 e. The second-order valence-corrected chi connectivity index (χ2v) is 4.19. The number of hydrogen-bond donors (Lipinski definition) is 1. The number of nitrogens with zero attached hydrogens (tertiary/aromatic N) is 2. The lowest BCUT2D eigenvalue weighted by atomic mass is 9.97. The van der Waals surface area contributed by atoms with E-state index in [1.54, 1.807) is 11.8 Å². The Morgan fingerprint density at radius 1 is 1.44 bits per heavy atom. The first-order valence-corrected chi connectivity index (χ1v) is 5.35. The number of likely N-dealkylation sites (N-methyl/N-ethyl adjacent to an activating group) is 1. The van der Waals surface area contributed by atoms with Gasteiger partial charge in [-0.3, -0.25) is 24.2 Å². The molecule has 2 amide bonds. The summed E-state index contributed by atoms with van der Waals surface area (Å²) in [5.41, 5.74) is 0. The molecule has 1 atom stereocenters. The van der Waals surface area contributed by atoms with Crippen LogP contribution in [-0.2, 0) is 14.4 Å². The molecule has 2 saturated heterocycles. The topological polar surface area (TPSA) is 77.9 Å². The normalized spacial score (nSPS) is 27.3. The van der Waals surface area contributed by atoms with Gasteiger partial charge in [-0.2, -0.15) is 0 Å². The molecule has 2 fully saturated rings. The third-order valence-corrected chi connectivity index (χ3v) is 3.24. The summed E-state index contributed by atoms with van der Waals surface area (Å²) in [5, 5.41) is 8.72. The largest absolute Gasteiger partial charge is 0.481 e. The van der Waals surface area contributed by atoms with Crippen molar-refractivity contribution in [1.29, 1.82) is 0 Å². The first-order valence-electron chi connectivity index (χ1n) is 5.35. The zero-order valence-electron chi connectivity index (χ0n) is 9.05.